The summed E-state index contributed by atoms with van der Waals surface area (Å²) in [5, 5.41) is 1.89. The molecule has 1 amide bonds. The minimum atomic E-state index is -0.547. The Balaban J connectivity index is 0.000000223. The van der Waals surface area contributed by atoms with Gasteiger partial charge in [0.1, 0.15) is 27.1 Å². The van der Waals surface area contributed by atoms with Crippen LogP contribution in [0.1, 0.15) is 58.6 Å². The fourth-order valence-corrected chi connectivity index (χ4v) is 8.13. The standard InChI is InChI=1S/C24H27BrN2O4S.C19H18BrNO2S/c1-15-11-18-21(13-19(15)27(5)23(28)31-24(2,3)4)32-22(26-18)10-8-16-7-9-20(17(25)12-16)30-14-29-6;1-12-8-16-18(9-13(12)2)24-19(21-16)7-5-14-4-6-17(15(20)10-14)23-11-22-3/h7-13H,14H2,1-6H3;4-10H,11H2,1-3H3/b10-8+;7-5+. The molecule has 0 aliphatic rings. The summed E-state index contributed by atoms with van der Waals surface area (Å²) in [5.74, 6) is 1.49. The number of nitrogens with zero attached hydrogens (tertiary/aromatic N) is 3. The van der Waals surface area contributed by atoms with Crippen LogP contribution in [-0.4, -0.2) is 56.5 Å². The summed E-state index contributed by atoms with van der Waals surface area (Å²) < 4.78 is 30.3. The van der Waals surface area contributed by atoms with E-state index in [2.05, 4.69) is 68.9 Å². The van der Waals surface area contributed by atoms with E-state index in [1.54, 1.807) is 48.8 Å². The highest BCUT2D eigenvalue weighted by Gasteiger charge is 2.22. The Labute approximate surface area is 353 Å². The lowest BCUT2D eigenvalue weighted by atomic mass is 10.1. The van der Waals surface area contributed by atoms with E-state index < -0.39 is 5.60 Å². The Morgan fingerprint density at radius 2 is 1.16 bits per heavy atom. The molecule has 2 aromatic heterocycles. The molecular formula is C43H45Br2N3O6S2. The van der Waals surface area contributed by atoms with Gasteiger partial charge in [0, 0.05) is 21.3 Å². The van der Waals surface area contributed by atoms with Crippen LogP contribution >= 0.6 is 54.5 Å². The lowest BCUT2D eigenvalue weighted by Gasteiger charge is -2.25. The number of aromatic nitrogens is 2. The zero-order chi connectivity index (χ0) is 40.6. The van der Waals surface area contributed by atoms with E-state index in [0.29, 0.717) is 0 Å². The number of amides is 1. The van der Waals surface area contributed by atoms with E-state index in [1.807, 2.05) is 94.5 Å². The lowest BCUT2D eigenvalue weighted by Crippen LogP contribution is -2.34. The maximum Gasteiger partial charge on any atom is 0.414 e. The fourth-order valence-electron chi connectivity index (χ4n) is 5.27. The number of hydrogen-bond donors (Lipinski definition) is 0. The number of ether oxygens (including phenoxy) is 5. The molecule has 0 aliphatic carbocycles. The SMILES string of the molecule is COCOc1ccc(/C=C/c2nc3cc(C)c(C)cc3s2)cc1Br.COCOc1ccc(/C=C/c2nc3cc(C)c(N(C)C(=O)OC(C)(C)C)cc3s2)cc1Br. The Bertz CT molecular complexity index is 2340. The molecule has 6 aromatic rings. The Kier molecular flexibility index (Phi) is 14.9. The number of fused-ring (bicyclic) bond motifs is 2. The van der Waals surface area contributed by atoms with Crippen molar-refractivity contribution in [2.24, 2.45) is 0 Å². The highest BCUT2D eigenvalue weighted by Crippen LogP contribution is 2.33. The molecular weight excluding hydrogens is 878 g/mol. The normalized spacial score (nSPS) is 11.7. The number of aryl methyl sites for hydroxylation is 3. The number of thiazole rings is 2. The number of anilines is 1. The van der Waals surface area contributed by atoms with E-state index in [0.717, 1.165) is 68.6 Å². The van der Waals surface area contributed by atoms with E-state index >= 15 is 0 Å². The molecule has 0 aliphatic heterocycles. The first-order valence-electron chi connectivity index (χ1n) is 17.6. The van der Waals surface area contributed by atoms with Gasteiger partial charge in [0.15, 0.2) is 13.6 Å². The molecule has 0 bridgehead atoms. The molecule has 0 unspecified atom stereocenters. The molecule has 6 rings (SSSR count). The molecule has 0 radical (unpaired) electrons. The molecule has 0 saturated carbocycles. The third kappa shape index (κ3) is 11.7. The molecule has 2 heterocycles. The molecule has 13 heteroatoms. The van der Waals surface area contributed by atoms with Gasteiger partial charge in [-0.25, -0.2) is 14.8 Å². The summed E-state index contributed by atoms with van der Waals surface area (Å²) in [5.41, 5.74) is 7.86. The predicted octanol–water partition coefficient (Wildman–Crippen LogP) is 12.7. The molecule has 0 spiro atoms. The Morgan fingerprint density at radius 3 is 1.62 bits per heavy atom. The highest BCUT2D eigenvalue weighted by atomic mass is 79.9. The van der Waals surface area contributed by atoms with E-state index in [1.165, 1.54) is 15.8 Å². The van der Waals surface area contributed by atoms with Crippen LogP contribution < -0.4 is 14.4 Å². The first-order chi connectivity index (χ1) is 26.6. The Morgan fingerprint density at radius 1 is 0.696 bits per heavy atom. The topological polar surface area (TPSA) is 92.2 Å². The van der Waals surface area contributed by atoms with Crippen LogP contribution in [0.4, 0.5) is 10.5 Å². The quantitative estimate of drug-likeness (QED) is 0.119. The smallest absolute Gasteiger partial charge is 0.414 e. The molecule has 56 heavy (non-hydrogen) atoms. The van der Waals surface area contributed by atoms with Gasteiger partial charge in [-0.15, -0.1) is 22.7 Å². The predicted molar refractivity (Wildman–Crippen MR) is 239 cm³/mol. The molecule has 9 nitrogen and oxygen atoms in total. The summed E-state index contributed by atoms with van der Waals surface area (Å²) >= 11 is 10.3. The van der Waals surface area contributed by atoms with Crippen molar-refractivity contribution in [2.75, 3.05) is 39.8 Å². The van der Waals surface area contributed by atoms with Gasteiger partial charge in [-0.1, -0.05) is 24.3 Å². The van der Waals surface area contributed by atoms with Gasteiger partial charge in [-0.2, -0.15) is 0 Å². The summed E-state index contributed by atoms with van der Waals surface area (Å²) in [6.45, 7) is 12.2. The van der Waals surface area contributed by atoms with Crippen molar-refractivity contribution in [3.63, 3.8) is 0 Å². The van der Waals surface area contributed by atoms with Crippen LogP contribution in [0, 0.1) is 20.8 Å². The minimum absolute atomic E-state index is 0.198. The van der Waals surface area contributed by atoms with Gasteiger partial charge in [-0.05, 0) is 162 Å². The first-order valence-corrected chi connectivity index (χ1v) is 20.8. The van der Waals surface area contributed by atoms with Crippen LogP contribution in [0.3, 0.4) is 0 Å². The molecule has 4 aromatic carbocycles. The second kappa shape index (κ2) is 19.4. The number of hydrogen-bond acceptors (Lipinski definition) is 10. The van der Waals surface area contributed by atoms with Gasteiger partial charge in [0.05, 0.1) is 35.1 Å². The average Bonchev–Trinajstić information content (AvgIpc) is 3.73. The van der Waals surface area contributed by atoms with Crippen LogP contribution in [-0.2, 0) is 14.2 Å². The molecule has 0 saturated heterocycles. The van der Waals surface area contributed by atoms with Crippen molar-refractivity contribution in [2.45, 2.75) is 47.1 Å². The number of carbonyl (C=O) groups is 1. The molecule has 0 fully saturated rings. The first kappa shape index (κ1) is 43.0. The number of methoxy groups -OCH3 is 2. The number of benzene rings is 4. The van der Waals surface area contributed by atoms with Gasteiger partial charge in [0.25, 0.3) is 0 Å². The minimum Gasteiger partial charge on any atom is -0.466 e. The van der Waals surface area contributed by atoms with Gasteiger partial charge < -0.3 is 23.7 Å². The third-order valence-electron chi connectivity index (χ3n) is 8.19. The maximum atomic E-state index is 12.5. The lowest BCUT2D eigenvalue weighted by molar-refractivity contribution is 0.0504. The molecule has 0 atom stereocenters. The van der Waals surface area contributed by atoms with E-state index in [-0.39, 0.29) is 19.7 Å². The zero-order valence-corrected chi connectivity index (χ0v) is 37.7. The summed E-state index contributed by atoms with van der Waals surface area (Å²) in [4.78, 5) is 23.4. The van der Waals surface area contributed by atoms with Crippen molar-refractivity contribution >= 4 is 111 Å². The van der Waals surface area contributed by atoms with Crippen LogP contribution in [0.25, 0.3) is 44.7 Å². The molecule has 0 N–H and O–H groups in total. The monoisotopic (exact) mass is 921 g/mol. The summed E-state index contributed by atoms with van der Waals surface area (Å²) in [6.07, 6.45) is 7.71. The molecule has 294 valence electrons. The van der Waals surface area contributed by atoms with E-state index in [4.69, 9.17) is 28.7 Å². The average molecular weight is 924 g/mol. The number of rotatable bonds is 11. The fraction of sp³-hybridized carbons (Fsp3) is 0.279. The van der Waals surface area contributed by atoms with Crippen LogP contribution in [0.15, 0.2) is 69.6 Å². The second-order valence-electron chi connectivity index (χ2n) is 13.8. The van der Waals surface area contributed by atoms with Gasteiger partial charge in [-0.3, -0.25) is 4.90 Å². The van der Waals surface area contributed by atoms with Crippen molar-refractivity contribution in [1.29, 1.82) is 0 Å². The largest absolute Gasteiger partial charge is 0.466 e. The van der Waals surface area contributed by atoms with Crippen molar-refractivity contribution < 1.29 is 28.5 Å². The zero-order valence-electron chi connectivity index (χ0n) is 32.9. The van der Waals surface area contributed by atoms with Gasteiger partial charge in [0.2, 0.25) is 0 Å². The summed E-state index contributed by atoms with van der Waals surface area (Å²) in [7, 11) is 4.91. The highest BCUT2D eigenvalue weighted by molar-refractivity contribution is 9.11. The van der Waals surface area contributed by atoms with Crippen LogP contribution in [0.2, 0.25) is 0 Å². The number of halogens is 2. The van der Waals surface area contributed by atoms with Crippen molar-refractivity contribution in [3.05, 3.63) is 107 Å². The summed E-state index contributed by atoms with van der Waals surface area (Å²) in [6, 6.07) is 20.1. The van der Waals surface area contributed by atoms with Crippen molar-refractivity contribution in [3.8, 4) is 11.5 Å². The third-order valence-corrected chi connectivity index (χ3v) is 11.4. The second-order valence-corrected chi connectivity index (χ2v) is 17.6. The maximum absolute atomic E-state index is 12.5. The Hall–Kier alpha value is -4.11. The van der Waals surface area contributed by atoms with Gasteiger partial charge >= 0.3 is 6.09 Å². The van der Waals surface area contributed by atoms with Crippen LogP contribution in [0.5, 0.6) is 11.5 Å². The van der Waals surface area contributed by atoms with Crippen molar-refractivity contribution in [1.82, 2.24) is 9.97 Å². The number of carbonyl (C=O) groups excluding carboxylic acids is 1. The van der Waals surface area contributed by atoms with E-state index in [9.17, 15) is 4.79 Å².